The van der Waals surface area contributed by atoms with Gasteiger partial charge in [0.15, 0.2) is 11.6 Å². The average molecular weight is 223 g/mol. The predicted molar refractivity (Wildman–Crippen MR) is 60.5 cm³/mol. The Bertz CT molecular complexity index is 481. The van der Waals surface area contributed by atoms with Crippen LogP contribution in [0, 0.1) is 0 Å². The van der Waals surface area contributed by atoms with Gasteiger partial charge in [-0.05, 0) is 0 Å². The zero-order valence-electron chi connectivity index (χ0n) is 8.83. The molecule has 2 rings (SSSR count). The van der Waals surface area contributed by atoms with Gasteiger partial charge in [0.2, 0.25) is 5.95 Å². The Morgan fingerprint density at radius 2 is 2.38 bits per heavy atom. The molecule has 0 bridgehead atoms. The molecule has 0 saturated heterocycles. The fourth-order valence-corrected chi connectivity index (χ4v) is 1.62. The standard InChI is InChI=1S/C9H13N5O2/c1-2-5(15)4-3-11-7-6(12-4)8(16)14-9(10)13-7/h4,12H,2-3H2,1H3,(H4,10,11,13,14,16)/t4-/m0/s1. The van der Waals surface area contributed by atoms with Gasteiger partial charge in [-0.3, -0.25) is 14.6 Å². The maximum Gasteiger partial charge on any atom is 0.277 e. The number of carbonyl (C=O) groups is 1. The Morgan fingerprint density at radius 3 is 3.06 bits per heavy atom. The van der Waals surface area contributed by atoms with Crippen molar-refractivity contribution < 1.29 is 4.79 Å². The number of nitrogens with two attached hydrogens (primary N) is 1. The number of hydrogen-bond donors (Lipinski definition) is 4. The SMILES string of the molecule is CCC(=O)[C@@H]1CNc2nc(N)[nH]c(=O)c2N1. The maximum absolute atomic E-state index is 11.6. The number of carbonyl (C=O) groups excluding carboxylic acids is 1. The second-order valence-corrected chi connectivity index (χ2v) is 3.57. The average Bonchev–Trinajstić information content (AvgIpc) is 2.27. The Balaban J connectivity index is 2.34. The van der Waals surface area contributed by atoms with Gasteiger partial charge in [-0.25, -0.2) is 0 Å². The first-order valence-electron chi connectivity index (χ1n) is 5.04. The number of aromatic amines is 1. The molecule has 0 radical (unpaired) electrons. The zero-order valence-corrected chi connectivity index (χ0v) is 8.83. The van der Waals surface area contributed by atoms with Crippen molar-refractivity contribution in [2.45, 2.75) is 19.4 Å². The van der Waals surface area contributed by atoms with E-state index in [0.29, 0.717) is 18.8 Å². The number of nitrogens with one attached hydrogen (secondary N) is 3. The molecule has 0 amide bonds. The molecule has 1 aliphatic rings. The number of aromatic nitrogens is 2. The fourth-order valence-electron chi connectivity index (χ4n) is 1.62. The van der Waals surface area contributed by atoms with Crippen molar-refractivity contribution >= 4 is 23.2 Å². The van der Waals surface area contributed by atoms with Crippen LogP contribution in [0.25, 0.3) is 0 Å². The minimum absolute atomic E-state index is 0.0503. The van der Waals surface area contributed by atoms with Gasteiger partial charge in [0.05, 0.1) is 0 Å². The maximum atomic E-state index is 11.6. The summed E-state index contributed by atoms with van der Waals surface area (Å²) in [6.45, 7) is 2.20. The van der Waals surface area contributed by atoms with Crippen molar-refractivity contribution in [3.63, 3.8) is 0 Å². The molecule has 1 aromatic heterocycles. The van der Waals surface area contributed by atoms with Gasteiger partial charge in [0.1, 0.15) is 11.7 Å². The van der Waals surface area contributed by atoms with Crippen LogP contribution < -0.4 is 21.9 Å². The van der Waals surface area contributed by atoms with Crippen molar-refractivity contribution in [3.05, 3.63) is 10.4 Å². The predicted octanol–water partition coefficient (Wildman–Crippen LogP) is -0.463. The van der Waals surface area contributed by atoms with Crippen LogP contribution in [-0.2, 0) is 4.79 Å². The Kier molecular flexibility index (Phi) is 2.51. The van der Waals surface area contributed by atoms with Gasteiger partial charge >= 0.3 is 0 Å². The van der Waals surface area contributed by atoms with E-state index in [2.05, 4.69) is 20.6 Å². The third-order valence-electron chi connectivity index (χ3n) is 2.47. The summed E-state index contributed by atoms with van der Waals surface area (Å²) >= 11 is 0. The lowest BCUT2D eigenvalue weighted by atomic mass is 10.1. The number of rotatable bonds is 2. The van der Waals surface area contributed by atoms with Crippen LogP contribution in [-0.4, -0.2) is 28.3 Å². The summed E-state index contributed by atoms with van der Waals surface area (Å²) in [5.41, 5.74) is 5.30. The summed E-state index contributed by atoms with van der Waals surface area (Å²) in [6, 6.07) is -0.385. The van der Waals surface area contributed by atoms with Gasteiger partial charge < -0.3 is 16.4 Å². The topological polar surface area (TPSA) is 113 Å². The van der Waals surface area contributed by atoms with Gasteiger partial charge in [-0.2, -0.15) is 4.98 Å². The second-order valence-electron chi connectivity index (χ2n) is 3.57. The van der Waals surface area contributed by atoms with Crippen LogP contribution in [0.3, 0.4) is 0 Å². The van der Waals surface area contributed by atoms with Crippen LogP contribution in [0.15, 0.2) is 4.79 Å². The summed E-state index contributed by atoms with van der Waals surface area (Å²) in [5, 5.41) is 5.78. The number of H-pyrrole nitrogens is 1. The van der Waals surface area contributed by atoms with Crippen molar-refractivity contribution in [1.82, 2.24) is 9.97 Å². The number of nitrogens with zero attached hydrogens (tertiary/aromatic N) is 1. The molecule has 2 heterocycles. The van der Waals surface area contributed by atoms with E-state index >= 15 is 0 Å². The van der Waals surface area contributed by atoms with Gasteiger partial charge in [0.25, 0.3) is 5.56 Å². The molecule has 0 aliphatic carbocycles. The van der Waals surface area contributed by atoms with E-state index in [0.717, 1.165) is 0 Å². The van der Waals surface area contributed by atoms with Crippen molar-refractivity contribution in [2.24, 2.45) is 0 Å². The molecule has 0 saturated carbocycles. The third kappa shape index (κ3) is 1.71. The van der Waals surface area contributed by atoms with E-state index in [4.69, 9.17) is 5.73 Å². The molecular weight excluding hydrogens is 210 g/mol. The lowest BCUT2D eigenvalue weighted by molar-refractivity contribution is -0.119. The van der Waals surface area contributed by atoms with Crippen LogP contribution in [0.5, 0.6) is 0 Å². The van der Waals surface area contributed by atoms with E-state index in [1.165, 1.54) is 0 Å². The highest BCUT2D eigenvalue weighted by Gasteiger charge is 2.25. The molecule has 0 aromatic carbocycles. The zero-order chi connectivity index (χ0) is 11.7. The van der Waals surface area contributed by atoms with Crippen LogP contribution in [0.4, 0.5) is 17.5 Å². The second kappa shape index (κ2) is 3.84. The Labute approximate surface area is 91.5 Å². The van der Waals surface area contributed by atoms with Gasteiger partial charge in [-0.1, -0.05) is 6.92 Å². The van der Waals surface area contributed by atoms with Crippen LogP contribution >= 0.6 is 0 Å². The number of hydrogen-bond acceptors (Lipinski definition) is 6. The minimum Gasteiger partial charge on any atom is -0.369 e. The molecule has 1 aromatic rings. The number of Topliss-reactive ketones (excluding diaryl/α,β-unsaturated/α-hetero) is 1. The smallest absolute Gasteiger partial charge is 0.277 e. The first-order valence-corrected chi connectivity index (χ1v) is 5.04. The molecule has 7 nitrogen and oxygen atoms in total. The molecule has 0 spiro atoms. The van der Waals surface area contributed by atoms with E-state index in [-0.39, 0.29) is 29.0 Å². The highest BCUT2D eigenvalue weighted by Crippen LogP contribution is 2.20. The lowest BCUT2D eigenvalue weighted by Crippen LogP contribution is -2.42. The fraction of sp³-hybridized carbons (Fsp3) is 0.444. The molecule has 1 atom stereocenters. The molecule has 0 unspecified atom stereocenters. The normalized spacial score (nSPS) is 18.2. The molecule has 86 valence electrons. The largest absolute Gasteiger partial charge is 0.369 e. The molecule has 5 N–H and O–H groups in total. The van der Waals surface area contributed by atoms with Crippen molar-refractivity contribution in [3.8, 4) is 0 Å². The van der Waals surface area contributed by atoms with Gasteiger partial charge in [-0.15, -0.1) is 0 Å². The van der Waals surface area contributed by atoms with E-state index < -0.39 is 0 Å². The van der Waals surface area contributed by atoms with Crippen LogP contribution in [0.1, 0.15) is 13.3 Å². The first-order chi connectivity index (χ1) is 7.61. The summed E-state index contributed by atoms with van der Waals surface area (Å²) in [4.78, 5) is 29.4. The van der Waals surface area contributed by atoms with E-state index in [1.807, 2.05) is 0 Å². The molecule has 0 fully saturated rings. The molecular formula is C9H13N5O2. The van der Waals surface area contributed by atoms with E-state index in [1.54, 1.807) is 6.92 Å². The highest BCUT2D eigenvalue weighted by atomic mass is 16.1. The Hall–Kier alpha value is -2.05. The molecule has 7 heteroatoms. The van der Waals surface area contributed by atoms with Crippen molar-refractivity contribution in [1.29, 1.82) is 0 Å². The number of ketones is 1. The minimum atomic E-state index is -0.385. The third-order valence-corrected chi connectivity index (χ3v) is 2.47. The number of nitrogen functional groups attached to an aromatic ring is 1. The lowest BCUT2D eigenvalue weighted by Gasteiger charge is -2.25. The Morgan fingerprint density at radius 1 is 1.62 bits per heavy atom. The first kappa shape index (κ1) is 10.5. The van der Waals surface area contributed by atoms with Crippen LogP contribution in [0.2, 0.25) is 0 Å². The summed E-state index contributed by atoms with van der Waals surface area (Å²) < 4.78 is 0. The van der Waals surface area contributed by atoms with Crippen molar-refractivity contribution in [2.75, 3.05) is 22.9 Å². The molecule has 16 heavy (non-hydrogen) atoms. The number of fused-ring (bicyclic) bond motifs is 1. The number of anilines is 3. The van der Waals surface area contributed by atoms with Gasteiger partial charge in [0, 0.05) is 13.0 Å². The van der Waals surface area contributed by atoms with E-state index in [9.17, 15) is 9.59 Å². The summed E-state index contributed by atoms with van der Waals surface area (Å²) in [6.07, 6.45) is 0.426. The monoisotopic (exact) mass is 223 g/mol. The summed E-state index contributed by atoms with van der Waals surface area (Å²) in [5.74, 6) is 0.495. The molecule has 1 aliphatic heterocycles. The quantitative estimate of drug-likeness (QED) is 0.539. The summed E-state index contributed by atoms with van der Waals surface area (Å²) in [7, 11) is 0. The highest BCUT2D eigenvalue weighted by molar-refractivity contribution is 5.89.